The summed E-state index contributed by atoms with van der Waals surface area (Å²) in [5, 5.41) is 3.17. The van der Waals surface area contributed by atoms with Gasteiger partial charge in [-0.25, -0.2) is 0 Å². The molecule has 1 N–H and O–H groups in total. The van der Waals surface area contributed by atoms with Crippen molar-refractivity contribution in [2.24, 2.45) is 5.92 Å². The summed E-state index contributed by atoms with van der Waals surface area (Å²) in [6.45, 7) is 4.86. The van der Waals surface area contributed by atoms with Crippen LogP contribution in [-0.4, -0.2) is 68.6 Å². The summed E-state index contributed by atoms with van der Waals surface area (Å²) in [4.78, 5) is 16.9. The van der Waals surface area contributed by atoms with Gasteiger partial charge >= 0.3 is 0 Å². The van der Waals surface area contributed by atoms with Crippen LogP contribution in [0, 0.1) is 5.92 Å². The number of likely N-dealkylation sites (N-methyl/N-ethyl adjacent to an activating group) is 1. The van der Waals surface area contributed by atoms with Crippen molar-refractivity contribution in [2.45, 2.75) is 25.3 Å². The van der Waals surface area contributed by atoms with Crippen molar-refractivity contribution >= 4 is 12.0 Å². The number of methoxy groups -OCH3 is 1. The van der Waals surface area contributed by atoms with E-state index in [0.717, 1.165) is 51.3 Å². The monoisotopic (exact) mass is 357 g/mol. The van der Waals surface area contributed by atoms with Crippen LogP contribution < -0.4 is 10.1 Å². The molecule has 0 aromatic heterocycles. The molecule has 0 radical (unpaired) electrons. The first-order valence-corrected chi connectivity index (χ1v) is 9.68. The molecule has 1 aromatic rings. The highest BCUT2D eigenvalue weighted by molar-refractivity contribution is 5.77. The van der Waals surface area contributed by atoms with Crippen molar-refractivity contribution in [1.29, 1.82) is 0 Å². The van der Waals surface area contributed by atoms with Crippen molar-refractivity contribution in [3.8, 4) is 5.75 Å². The number of nitrogens with one attached hydrogen (secondary N) is 1. The summed E-state index contributed by atoms with van der Waals surface area (Å²) in [5.41, 5.74) is 1.20. The fourth-order valence-electron chi connectivity index (χ4n) is 4.17. The molecule has 5 heteroatoms. The van der Waals surface area contributed by atoms with Crippen LogP contribution in [0.1, 0.15) is 24.8 Å². The van der Waals surface area contributed by atoms with E-state index in [4.69, 9.17) is 4.74 Å². The van der Waals surface area contributed by atoms with Gasteiger partial charge in [-0.15, -0.1) is 0 Å². The second-order valence-electron chi connectivity index (χ2n) is 7.28. The normalized spacial score (nSPS) is 24.1. The molecule has 142 valence electrons. The van der Waals surface area contributed by atoms with Crippen LogP contribution in [0.15, 0.2) is 30.3 Å². The molecular weight excluding hydrogens is 326 g/mol. The van der Waals surface area contributed by atoms with Crippen LogP contribution in [0.4, 0.5) is 0 Å². The number of hydrogen-bond donors (Lipinski definition) is 1. The molecule has 0 spiro atoms. The number of amides is 1. The Kier molecular flexibility index (Phi) is 6.69. The Balaban J connectivity index is 1.51. The predicted molar refractivity (Wildman–Crippen MR) is 105 cm³/mol. The van der Waals surface area contributed by atoms with Gasteiger partial charge in [0.1, 0.15) is 5.75 Å². The van der Waals surface area contributed by atoms with E-state index in [9.17, 15) is 4.79 Å². The predicted octanol–water partition coefficient (Wildman–Crippen LogP) is 2.24. The number of carbonyl (C=O) groups excluding carboxylic acids is 1. The molecule has 0 saturated carbocycles. The fourth-order valence-corrected chi connectivity index (χ4v) is 4.17. The standard InChI is InChI=1S/C21H31N3O2/c1-22-12-15-24-20-11-14-23(16-18(20)7-10-21(24)25)13-3-4-17-5-8-19(26-2)9-6-17/h3-6,8-9,18,20,22H,7,10-16H2,1-2H3/b4-3+/t18-,20+/m0/s1. The maximum absolute atomic E-state index is 12.3. The van der Waals surface area contributed by atoms with Crippen LogP contribution in [-0.2, 0) is 4.79 Å². The van der Waals surface area contributed by atoms with Crippen LogP contribution in [0.25, 0.3) is 6.08 Å². The number of piperidine rings is 2. The number of nitrogens with zero attached hydrogens (tertiary/aromatic N) is 2. The minimum Gasteiger partial charge on any atom is -0.497 e. The lowest BCUT2D eigenvalue weighted by Gasteiger charge is -2.47. The Morgan fingerprint density at radius 1 is 1.27 bits per heavy atom. The lowest BCUT2D eigenvalue weighted by atomic mass is 9.83. The van der Waals surface area contributed by atoms with E-state index in [1.807, 2.05) is 19.2 Å². The third kappa shape index (κ3) is 4.65. The zero-order valence-corrected chi connectivity index (χ0v) is 16.0. The summed E-state index contributed by atoms with van der Waals surface area (Å²) >= 11 is 0. The summed E-state index contributed by atoms with van der Waals surface area (Å²) in [5.74, 6) is 1.85. The van der Waals surface area contributed by atoms with E-state index in [1.165, 1.54) is 5.56 Å². The van der Waals surface area contributed by atoms with Crippen molar-refractivity contribution in [3.63, 3.8) is 0 Å². The first-order valence-electron chi connectivity index (χ1n) is 9.68. The average Bonchev–Trinajstić information content (AvgIpc) is 2.68. The molecule has 2 atom stereocenters. The molecule has 2 aliphatic heterocycles. The molecule has 1 amide bonds. The summed E-state index contributed by atoms with van der Waals surface area (Å²) in [6.07, 6.45) is 7.26. The van der Waals surface area contributed by atoms with E-state index in [1.54, 1.807) is 7.11 Å². The highest BCUT2D eigenvalue weighted by Gasteiger charge is 2.38. The first-order chi connectivity index (χ1) is 12.7. The number of hydrogen-bond acceptors (Lipinski definition) is 4. The number of ether oxygens (including phenoxy) is 1. The van der Waals surface area contributed by atoms with E-state index in [-0.39, 0.29) is 0 Å². The van der Waals surface area contributed by atoms with Gasteiger partial charge in [0.05, 0.1) is 7.11 Å². The van der Waals surface area contributed by atoms with Gasteiger partial charge in [0.15, 0.2) is 0 Å². The molecule has 1 aromatic carbocycles. The minimum atomic E-state index is 0.342. The van der Waals surface area contributed by atoms with Gasteiger partial charge in [-0.2, -0.15) is 0 Å². The molecular formula is C21H31N3O2. The fraction of sp³-hybridized carbons (Fsp3) is 0.571. The number of fused-ring (bicyclic) bond motifs is 1. The largest absolute Gasteiger partial charge is 0.497 e. The molecule has 0 bridgehead atoms. The number of carbonyl (C=O) groups is 1. The SMILES string of the molecule is CNCCN1C(=O)CC[C@H]2CN(C/C=C/c3ccc(OC)cc3)CC[C@H]21. The third-order valence-electron chi connectivity index (χ3n) is 5.62. The second kappa shape index (κ2) is 9.19. The highest BCUT2D eigenvalue weighted by Crippen LogP contribution is 2.31. The second-order valence-corrected chi connectivity index (χ2v) is 7.28. The summed E-state index contributed by atoms with van der Waals surface area (Å²) in [7, 11) is 3.64. The average molecular weight is 357 g/mol. The molecule has 0 aliphatic carbocycles. The van der Waals surface area contributed by atoms with Crippen LogP contribution in [0.2, 0.25) is 0 Å². The van der Waals surface area contributed by atoms with Crippen molar-refractivity contribution in [3.05, 3.63) is 35.9 Å². The minimum absolute atomic E-state index is 0.342. The maximum atomic E-state index is 12.3. The maximum Gasteiger partial charge on any atom is 0.222 e. The molecule has 2 saturated heterocycles. The lowest BCUT2D eigenvalue weighted by Crippen LogP contribution is -2.57. The van der Waals surface area contributed by atoms with Gasteiger partial charge < -0.3 is 15.0 Å². The van der Waals surface area contributed by atoms with Gasteiger partial charge in [0.2, 0.25) is 5.91 Å². The molecule has 3 rings (SSSR count). The molecule has 5 nitrogen and oxygen atoms in total. The Hall–Kier alpha value is -1.85. The van der Waals surface area contributed by atoms with E-state index >= 15 is 0 Å². The lowest BCUT2D eigenvalue weighted by molar-refractivity contribution is -0.140. The number of rotatable bonds is 7. The van der Waals surface area contributed by atoms with Crippen LogP contribution >= 0.6 is 0 Å². The Morgan fingerprint density at radius 2 is 2.08 bits per heavy atom. The van der Waals surface area contributed by atoms with Crippen molar-refractivity contribution in [2.75, 3.05) is 46.9 Å². The van der Waals surface area contributed by atoms with Gasteiger partial charge in [0, 0.05) is 45.2 Å². The Labute approximate surface area is 157 Å². The first kappa shape index (κ1) is 18.9. The molecule has 2 aliphatic rings. The molecule has 0 unspecified atom stereocenters. The zero-order chi connectivity index (χ0) is 18.4. The van der Waals surface area contributed by atoms with Gasteiger partial charge in [0.25, 0.3) is 0 Å². The van der Waals surface area contributed by atoms with Crippen LogP contribution in [0.3, 0.4) is 0 Å². The van der Waals surface area contributed by atoms with Crippen LogP contribution in [0.5, 0.6) is 5.75 Å². The molecule has 2 fully saturated rings. The number of benzene rings is 1. The summed E-state index contributed by atoms with van der Waals surface area (Å²) in [6, 6.07) is 8.57. The Morgan fingerprint density at radius 3 is 2.81 bits per heavy atom. The van der Waals surface area contributed by atoms with Gasteiger partial charge in [-0.05, 0) is 43.5 Å². The smallest absolute Gasteiger partial charge is 0.222 e. The molecule has 2 heterocycles. The van der Waals surface area contributed by atoms with Gasteiger partial charge in [-0.3, -0.25) is 9.69 Å². The van der Waals surface area contributed by atoms with Crippen molar-refractivity contribution < 1.29 is 9.53 Å². The van der Waals surface area contributed by atoms with E-state index in [0.29, 0.717) is 24.3 Å². The van der Waals surface area contributed by atoms with E-state index < -0.39 is 0 Å². The van der Waals surface area contributed by atoms with Gasteiger partial charge in [-0.1, -0.05) is 24.3 Å². The summed E-state index contributed by atoms with van der Waals surface area (Å²) < 4.78 is 5.20. The number of likely N-dealkylation sites (tertiary alicyclic amines) is 2. The molecule has 26 heavy (non-hydrogen) atoms. The van der Waals surface area contributed by atoms with Crippen molar-refractivity contribution in [1.82, 2.24) is 15.1 Å². The highest BCUT2D eigenvalue weighted by atomic mass is 16.5. The third-order valence-corrected chi connectivity index (χ3v) is 5.62. The topological polar surface area (TPSA) is 44.8 Å². The zero-order valence-electron chi connectivity index (χ0n) is 16.0. The Bertz CT molecular complexity index is 614. The quantitative estimate of drug-likeness (QED) is 0.813. The van der Waals surface area contributed by atoms with E-state index in [2.05, 4.69) is 39.4 Å².